The standard InChI is InChI=1S/C12H12N2O4/c1-14-9(6-8(13-14)12(17)18-2)7-3-4-10(15)11(16)5-7/h3-6,15-16H,1-2H3. The topological polar surface area (TPSA) is 84.6 Å². The van der Waals surface area contributed by atoms with E-state index in [0.717, 1.165) is 0 Å². The van der Waals surface area contributed by atoms with E-state index in [1.165, 1.54) is 23.9 Å². The summed E-state index contributed by atoms with van der Waals surface area (Å²) in [7, 11) is 2.95. The van der Waals surface area contributed by atoms with Gasteiger partial charge in [-0.05, 0) is 24.3 Å². The Morgan fingerprint density at radius 2 is 2.00 bits per heavy atom. The van der Waals surface area contributed by atoms with Crippen LogP contribution in [0.25, 0.3) is 11.3 Å². The predicted octanol–water partition coefficient (Wildman–Crippen LogP) is 1.28. The number of aromatic nitrogens is 2. The van der Waals surface area contributed by atoms with Gasteiger partial charge in [0.25, 0.3) is 0 Å². The number of hydrogen-bond acceptors (Lipinski definition) is 5. The SMILES string of the molecule is COC(=O)c1cc(-c2ccc(O)c(O)c2)n(C)n1. The molecule has 0 radical (unpaired) electrons. The molecule has 1 heterocycles. The van der Waals surface area contributed by atoms with Crippen molar-refractivity contribution >= 4 is 5.97 Å². The summed E-state index contributed by atoms with van der Waals surface area (Å²) < 4.78 is 6.08. The molecular weight excluding hydrogens is 236 g/mol. The summed E-state index contributed by atoms with van der Waals surface area (Å²) in [5.74, 6) is -0.956. The van der Waals surface area contributed by atoms with Crippen LogP contribution in [0.5, 0.6) is 11.5 Å². The minimum absolute atomic E-state index is 0.183. The van der Waals surface area contributed by atoms with E-state index in [4.69, 9.17) is 0 Å². The Balaban J connectivity index is 2.47. The highest BCUT2D eigenvalue weighted by Crippen LogP contribution is 2.30. The van der Waals surface area contributed by atoms with E-state index in [0.29, 0.717) is 11.3 Å². The van der Waals surface area contributed by atoms with E-state index < -0.39 is 5.97 Å². The maximum Gasteiger partial charge on any atom is 0.358 e. The molecule has 6 heteroatoms. The lowest BCUT2D eigenvalue weighted by molar-refractivity contribution is 0.0593. The summed E-state index contributed by atoms with van der Waals surface area (Å²) >= 11 is 0. The average molecular weight is 248 g/mol. The largest absolute Gasteiger partial charge is 0.504 e. The molecule has 0 fully saturated rings. The van der Waals surface area contributed by atoms with E-state index in [1.807, 2.05) is 0 Å². The Kier molecular flexibility index (Phi) is 2.93. The lowest BCUT2D eigenvalue weighted by Crippen LogP contribution is -2.02. The highest BCUT2D eigenvalue weighted by atomic mass is 16.5. The fraction of sp³-hybridized carbons (Fsp3) is 0.167. The quantitative estimate of drug-likeness (QED) is 0.617. The van der Waals surface area contributed by atoms with Gasteiger partial charge >= 0.3 is 5.97 Å². The molecule has 0 saturated heterocycles. The number of nitrogens with zero attached hydrogens (tertiary/aromatic N) is 2. The van der Waals surface area contributed by atoms with Crippen molar-refractivity contribution in [3.05, 3.63) is 30.0 Å². The van der Waals surface area contributed by atoms with Gasteiger partial charge < -0.3 is 14.9 Å². The third-order valence-corrected chi connectivity index (χ3v) is 2.55. The van der Waals surface area contributed by atoms with Gasteiger partial charge in [0.05, 0.1) is 12.8 Å². The first-order chi connectivity index (χ1) is 8.52. The maximum atomic E-state index is 11.3. The van der Waals surface area contributed by atoms with Gasteiger partial charge in [-0.2, -0.15) is 5.10 Å². The van der Waals surface area contributed by atoms with Crippen LogP contribution in [0, 0.1) is 0 Å². The minimum Gasteiger partial charge on any atom is -0.504 e. The molecule has 0 bridgehead atoms. The second-order valence-electron chi connectivity index (χ2n) is 3.73. The third-order valence-electron chi connectivity index (χ3n) is 2.55. The smallest absolute Gasteiger partial charge is 0.358 e. The van der Waals surface area contributed by atoms with Crippen molar-refractivity contribution in [2.24, 2.45) is 7.05 Å². The monoisotopic (exact) mass is 248 g/mol. The van der Waals surface area contributed by atoms with Crippen LogP contribution in [0.4, 0.5) is 0 Å². The predicted molar refractivity (Wildman–Crippen MR) is 63.3 cm³/mol. The molecule has 0 amide bonds. The zero-order chi connectivity index (χ0) is 13.3. The molecule has 0 aliphatic carbocycles. The van der Waals surface area contributed by atoms with Crippen LogP contribution in [-0.4, -0.2) is 33.1 Å². The second-order valence-corrected chi connectivity index (χ2v) is 3.73. The van der Waals surface area contributed by atoms with Crippen molar-refractivity contribution in [2.75, 3.05) is 7.11 Å². The van der Waals surface area contributed by atoms with Crippen molar-refractivity contribution in [2.45, 2.75) is 0 Å². The molecule has 1 aromatic carbocycles. The first-order valence-corrected chi connectivity index (χ1v) is 5.17. The molecule has 2 aromatic rings. The lowest BCUT2D eigenvalue weighted by atomic mass is 10.1. The van der Waals surface area contributed by atoms with Crippen molar-refractivity contribution in [1.29, 1.82) is 0 Å². The van der Waals surface area contributed by atoms with E-state index in [1.54, 1.807) is 19.2 Å². The van der Waals surface area contributed by atoms with Gasteiger partial charge in [-0.1, -0.05) is 0 Å². The van der Waals surface area contributed by atoms with Crippen LogP contribution >= 0.6 is 0 Å². The van der Waals surface area contributed by atoms with Gasteiger partial charge in [-0.3, -0.25) is 4.68 Å². The zero-order valence-corrected chi connectivity index (χ0v) is 9.91. The zero-order valence-electron chi connectivity index (χ0n) is 9.91. The van der Waals surface area contributed by atoms with Crippen LogP contribution in [0.3, 0.4) is 0 Å². The number of carbonyl (C=O) groups excluding carboxylic acids is 1. The maximum absolute atomic E-state index is 11.3. The number of ether oxygens (including phenoxy) is 1. The molecular formula is C12H12N2O4. The Hall–Kier alpha value is -2.50. The number of carbonyl (C=O) groups is 1. The van der Waals surface area contributed by atoms with Crippen molar-refractivity contribution in [3.8, 4) is 22.8 Å². The summed E-state index contributed by atoms with van der Waals surface area (Å²) in [6, 6.07) is 5.94. The molecule has 0 unspecified atom stereocenters. The van der Waals surface area contributed by atoms with E-state index in [2.05, 4.69) is 9.84 Å². The number of phenolic OH excluding ortho intramolecular Hbond substituents is 2. The van der Waals surface area contributed by atoms with Crippen molar-refractivity contribution in [3.63, 3.8) is 0 Å². The van der Waals surface area contributed by atoms with Gasteiger partial charge in [-0.15, -0.1) is 0 Å². The van der Waals surface area contributed by atoms with Crippen LogP contribution in [-0.2, 0) is 11.8 Å². The molecule has 1 aromatic heterocycles. The van der Waals surface area contributed by atoms with E-state index >= 15 is 0 Å². The fourth-order valence-electron chi connectivity index (χ4n) is 1.62. The summed E-state index contributed by atoms with van der Waals surface area (Å²) in [5, 5.41) is 22.7. The molecule has 0 saturated carbocycles. The number of phenols is 2. The number of benzene rings is 1. The Morgan fingerprint density at radius 3 is 2.61 bits per heavy atom. The van der Waals surface area contributed by atoms with Gasteiger partial charge in [0.2, 0.25) is 0 Å². The number of rotatable bonds is 2. The van der Waals surface area contributed by atoms with Crippen LogP contribution in [0.15, 0.2) is 24.3 Å². The molecule has 6 nitrogen and oxygen atoms in total. The summed E-state index contributed by atoms with van der Waals surface area (Å²) in [4.78, 5) is 11.3. The first-order valence-electron chi connectivity index (χ1n) is 5.17. The van der Waals surface area contributed by atoms with Gasteiger partial charge in [0, 0.05) is 12.6 Å². The number of esters is 1. The fourth-order valence-corrected chi connectivity index (χ4v) is 1.62. The highest BCUT2D eigenvalue weighted by Gasteiger charge is 2.14. The molecule has 2 rings (SSSR count). The van der Waals surface area contributed by atoms with Gasteiger partial charge in [0.15, 0.2) is 17.2 Å². The number of aromatic hydroxyl groups is 2. The normalized spacial score (nSPS) is 10.3. The summed E-state index contributed by atoms with van der Waals surface area (Å²) in [6.45, 7) is 0. The van der Waals surface area contributed by atoms with Crippen LogP contribution in [0.2, 0.25) is 0 Å². The minimum atomic E-state index is -0.528. The number of methoxy groups -OCH3 is 1. The van der Waals surface area contributed by atoms with E-state index in [9.17, 15) is 15.0 Å². The molecule has 18 heavy (non-hydrogen) atoms. The molecule has 0 aliphatic rings. The Labute approximate surface area is 103 Å². The van der Waals surface area contributed by atoms with Gasteiger partial charge in [-0.25, -0.2) is 4.79 Å². The average Bonchev–Trinajstić information content (AvgIpc) is 2.74. The van der Waals surface area contributed by atoms with Crippen LogP contribution < -0.4 is 0 Å². The molecule has 2 N–H and O–H groups in total. The third kappa shape index (κ3) is 2.00. The Bertz CT molecular complexity index is 604. The van der Waals surface area contributed by atoms with Gasteiger partial charge in [0.1, 0.15) is 0 Å². The summed E-state index contributed by atoms with van der Waals surface area (Å²) in [6.07, 6.45) is 0. The Morgan fingerprint density at radius 1 is 1.28 bits per heavy atom. The first kappa shape index (κ1) is 12.0. The molecule has 0 aliphatic heterocycles. The molecule has 94 valence electrons. The van der Waals surface area contributed by atoms with Crippen LogP contribution in [0.1, 0.15) is 10.5 Å². The highest BCUT2D eigenvalue weighted by molar-refractivity contribution is 5.88. The lowest BCUT2D eigenvalue weighted by Gasteiger charge is -2.03. The number of aryl methyl sites for hydroxylation is 1. The van der Waals surface area contributed by atoms with E-state index in [-0.39, 0.29) is 17.2 Å². The van der Waals surface area contributed by atoms with Crippen molar-refractivity contribution < 1.29 is 19.7 Å². The summed E-state index contributed by atoms with van der Waals surface area (Å²) in [5.41, 5.74) is 1.45. The molecule has 0 atom stereocenters. The number of hydrogen-bond donors (Lipinski definition) is 2. The molecule has 0 spiro atoms. The van der Waals surface area contributed by atoms with Crippen molar-refractivity contribution in [1.82, 2.24) is 9.78 Å². The second kappa shape index (κ2) is 4.40.